The van der Waals surface area contributed by atoms with Crippen LogP contribution in [0.4, 0.5) is 5.69 Å². The summed E-state index contributed by atoms with van der Waals surface area (Å²) in [5.41, 5.74) is 6.43. The second kappa shape index (κ2) is 7.57. The highest BCUT2D eigenvalue weighted by atomic mass is 35.5. The maximum Gasteiger partial charge on any atom is 0.271 e. The molecule has 0 N–H and O–H groups in total. The van der Waals surface area contributed by atoms with Gasteiger partial charge in [-0.05, 0) is 80.3 Å². The van der Waals surface area contributed by atoms with Crippen LogP contribution in [0.2, 0.25) is 5.02 Å². The van der Waals surface area contributed by atoms with Crippen molar-refractivity contribution in [2.45, 2.75) is 39.8 Å². The standard InChI is InChI=1S/C25H24ClNO2/c1-15-5-8-19(9-6-15)23-24(29-22-12-10-20(26)13-18(22)4)25(28)27(23)21-11-7-16(2)17(3)14-21/h5-14,23-24H,1-4H3. The first kappa shape index (κ1) is 19.5. The Morgan fingerprint density at radius 2 is 1.55 bits per heavy atom. The molecule has 4 heteroatoms. The molecule has 1 heterocycles. The molecule has 1 amide bonds. The van der Waals surface area contributed by atoms with Gasteiger partial charge in [0.15, 0.2) is 0 Å². The normalized spacial score (nSPS) is 18.5. The van der Waals surface area contributed by atoms with Gasteiger partial charge in [0.1, 0.15) is 11.8 Å². The second-order valence-electron chi connectivity index (χ2n) is 7.78. The van der Waals surface area contributed by atoms with Crippen molar-refractivity contribution >= 4 is 23.2 Å². The average molecular weight is 406 g/mol. The zero-order valence-corrected chi connectivity index (χ0v) is 17.8. The van der Waals surface area contributed by atoms with Crippen molar-refractivity contribution in [2.24, 2.45) is 0 Å². The van der Waals surface area contributed by atoms with Crippen LogP contribution in [-0.4, -0.2) is 12.0 Å². The summed E-state index contributed by atoms with van der Waals surface area (Å²) in [6.45, 7) is 8.13. The third kappa shape index (κ3) is 3.63. The van der Waals surface area contributed by atoms with Crippen LogP contribution < -0.4 is 9.64 Å². The molecule has 0 radical (unpaired) electrons. The van der Waals surface area contributed by atoms with Crippen LogP contribution in [0.3, 0.4) is 0 Å². The molecular formula is C25H24ClNO2. The Bertz CT molecular complexity index is 1070. The minimum absolute atomic E-state index is 0.0341. The number of carbonyl (C=O) groups excluding carboxylic acids is 1. The number of anilines is 1. The van der Waals surface area contributed by atoms with Crippen molar-refractivity contribution in [3.63, 3.8) is 0 Å². The fourth-order valence-corrected chi connectivity index (χ4v) is 3.94. The molecule has 3 aromatic carbocycles. The van der Waals surface area contributed by atoms with Gasteiger partial charge in [0.2, 0.25) is 6.10 Å². The zero-order chi connectivity index (χ0) is 20.7. The number of benzene rings is 3. The smallest absolute Gasteiger partial charge is 0.271 e. The van der Waals surface area contributed by atoms with E-state index in [1.54, 1.807) is 6.07 Å². The Morgan fingerprint density at radius 3 is 2.21 bits per heavy atom. The Balaban J connectivity index is 1.71. The Kier molecular flexibility index (Phi) is 5.10. The third-order valence-electron chi connectivity index (χ3n) is 5.62. The summed E-state index contributed by atoms with van der Waals surface area (Å²) < 4.78 is 6.20. The molecule has 0 aliphatic carbocycles. The topological polar surface area (TPSA) is 29.5 Å². The first-order valence-corrected chi connectivity index (χ1v) is 10.1. The summed E-state index contributed by atoms with van der Waals surface area (Å²) in [5, 5.41) is 0.654. The van der Waals surface area contributed by atoms with E-state index < -0.39 is 6.10 Å². The predicted molar refractivity (Wildman–Crippen MR) is 118 cm³/mol. The van der Waals surface area contributed by atoms with E-state index in [9.17, 15) is 4.79 Å². The number of carbonyl (C=O) groups is 1. The van der Waals surface area contributed by atoms with E-state index in [2.05, 4.69) is 57.2 Å². The van der Waals surface area contributed by atoms with E-state index in [0.717, 1.165) is 22.4 Å². The van der Waals surface area contributed by atoms with Crippen LogP contribution in [0, 0.1) is 27.7 Å². The SMILES string of the molecule is Cc1ccc(C2C(Oc3ccc(Cl)cc3C)C(=O)N2c2ccc(C)c(C)c2)cc1. The summed E-state index contributed by atoms with van der Waals surface area (Å²) in [5.74, 6) is 0.651. The van der Waals surface area contributed by atoms with Crippen molar-refractivity contribution in [2.75, 3.05) is 4.90 Å². The monoisotopic (exact) mass is 405 g/mol. The lowest BCUT2D eigenvalue weighted by molar-refractivity contribution is -0.135. The number of amides is 1. The molecule has 0 bridgehead atoms. The number of aryl methyl sites for hydroxylation is 4. The fraction of sp³-hybridized carbons (Fsp3) is 0.240. The van der Waals surface area contributed by atoms with E-state index in [1.165, 1.54) is 11.1 Å². The lowest BCUT2D eigenvalue weighted by Gasteiger charge is -2.47. The van der Waals surface area contributed by atoms with Gasteiger partial charge in [0, 0.05) is 10.7 Å². The lowest BCUT2D eigenvalue weighted by Crippen LogP contribution is -2.61. The molecule has 1 aliphatic rings. The summed E-state index contributed by atoms with van der Waals surface area (Å²) in [6, 6.07) is 19.7. The summed E-state index contributed by atoms with van der Waals surface area (Å²) in [4.78, 5) is 15.0. The van der Waals surface area contributed by atoms with Gasteiger partial charge in [-0.2, -0.15) is 0 Å². The van der Waals surface area contributed by atoms with Gasteiger partial charge in [0.05, 0.1) is 0 Å². The van der Waals surface area contributed by atoms with Crippen molar-refractivity contribution < 1.29 is 9.53 Å². The predicted octanol–water partition coefficient (Wildman–Crippen LogP) is 6.11. The van der Waals surface area contributed by atoms with Gasteiger partial charge >= 0.3 is 0 Å². The highest BCUT2D eigenvalue weighted by Gasteiger charge is 2.51. The number of nitrogens with zero attached hydrogens (tertiary/aromatic N) is 1. The lowest BCUT2D eigenvalue weighted by atomic mass is 9.88. The number of β-lactam (4-membered cyclic amide) rings is 1. The molecule has 0 aromatic heterocycles. The fourth-order valence-electron chi connectivity index (χ4n) is 3.71. The third-order valence-corrected chi connectivity index (χ3v) is 5.86. The molecule has 2 atom stereocenters. The molecule has 1 saturated heterocycles. The molecule has 148 valence electrons. The molecule has 1 fully saturated rings. The maximum absolute atomic E-state index is 13.2. The number of hydrogen-bond donors (Lipinski definition) is 0. The van der Waals surface area contributed by atoms with Gasteiger partial charge in [-0.1, -0.05) is 47.5 Å². The summed E-state index contributed by atoms with van der Waals surface area (Å²) >= 11 is 6.07. The van der Waals surface area contributed by atoms with Crippen molar-refractivity contribution in [1.29, 1.82) is 0 Å². The first-order chi connectivity index (χ1) is 13.8. The van der Waals surface area contributed by atoms with Gasteiger partial charge in [-0.25, -0.2) is 0 Å². The van der Waals surface area contributed by atoms with E-state index in [-0.39, 0.29) is 11.9 Å². The van der Waals surface area contributed by atoms with E-state index in [1.807, 2.05) is 30.0 Å². The number of hydrogen-bond acceptors (Lipinski definition) is 2. The van der Waals surface area contributed by atoms with Crippen molar-refractivity contribution in [3.05, 3.63) is 93.5 Å². The van der Waals surface area contributed by atoms with Crippen molar-refractivity contribution in [1.82, 2.24) is 0 Å². The molecule has 0 spiro atoms. The van der Waals surface area contributed by atoms with E-state index >= 15 is 0 Å². The highest BCUT2D eigenvalue weighted by Crippen LogP contribution is 2.42. The Hall–Kier alpha value is -2.78. The molecule has 3 nitrogen and oxygen atoms in total. The van der Waals surface area contributed by atoms with Gasteiger partial charge < -0.3 is 4.74 Å². The van der Waals surface area contributed by atoms with Gasteiger partial charge in [-0.15, -0.1) is 0 Å². The minimum Gasteiger partial charge on any atom is -0.478 e. The Morgan fingerprint density at radius 1 is 0.828 bits per heavy atom. The molecule has 1 aliphatic heterocycles. The van der Waals surface area contributed by atoms with Crippen LogP contribution in [0.15, 0.2) is 60.7 Å². The number of ether oxygens (including phenoxy) is 1. The molecule has 4 rings (SSSR count). The summed E-state index contributed by atoms with van der Waals surface area (Å²) in [6.07, 6.45) is -0.570. The second-order valence-corrected chi connectivity index (χ2v) is 8.22. The maximum atomic E-state index is 13.2. The quantitative estimate of drug-likeness (QED) is 0.490. The highest BCUT2D eigenvalue weighted by molar-refractivity contribution is 6.30. The first-order valence-electron chi connectivity index (χ1n) is 9.75. The van der Waals surface area contributed by atoms with Crippen molar-refractivity contribution in [3.8, 4) is 5.75 Å². The largest absolute Gasteiger partial charge is 0.478 e. The van der Waals surface area contributed by atoms with Gasteiger partial charge in [-0.3, -0.25) is 9.69 Å². The molecule has 29 heavy (non-hydrogen) atoms. The minimum atomic E-state index is -0.570. The van der Waals surface area contributed by atoms with Crippen LogP contribution in [0.5, 0.6) is 5.75 Å². The van der Waals surface area contributed by atoms with E-state index in [0.29, 0.717) is 10.8 Å². The zero-order valence-electron chi connectivity index (χ0n) is 17.1. The Labute approximate surface area is 176 Å². The van der Waals surface area contributed by atoms with Crippen LogP contribution in [0.1, 0.15) is 33.9 Å². The molecule has 3 aromatic rings. The number of halogens is 1. The van der Waals surface area contributed by atoms with E-state index in [4.69, 9.17) is 16.3 Å². The number of rotatable bonds is 4. The van der Waals surface area contributed by atoms with Crippen LogP contribution in [-0.2, 0) is 4.79 Å². The van der Waals surface area contributed by atoms with Crippen LogP contribution >= 0.6 is 11.6 Å². The summed E-state index contributed by atoms with van der Waals surface area (Å²) in [7, 11) is 0. The molecular weight excluding hydrogens is 382 g/mol. The molecule has 2 unspecified atom stereocenters. The molecule has 0 saturated carbocycles. The average Bonchev–Trinajstić information content (AvgIpc) is 2.68. The van der Waals surface area contributed by atoms with Crippen LogP contribution in [0.25, 0.3) is 0 Å². The van der Waals surface area contributed by atoms with Gasteiger partial charge in [0.25, 0.3) is 5.91 Å².